The monoisotopic (exact) mass is 691 g/mol. The molecule has 3 aromatic heterocycles. The lowest BCUT2D eigenvalue weighted by Crippen LogP contribution is -2.30. The van der Waals surface area contributed by atoms with Gasteiger partial charge in [-0.3, -0.25) is 4.98 Å². The molecule has 3 nitrogen and oxygen atoms in total. The summed E-state index contributed by atoms with van der Waals surface area (Å²) in [7, 11) is 0. The molecule has 0 spiro atoms. The smallest absolute Gasteiger partial charge is 0.0972 e. The number of rotatable bonds is 4. The van der Waals surface area contributed by atoms with E-state index in [9.17, 15) is 0 Å². The first-order valence-electron chi connectivity index (χ1n) is 19.1. The number of nitrogens with zero attached hydrogens (tertiary/aromatic N) is 3. The normalized spacial score (nSPS) is 15.8. The average molecular weight is 692 g/mol. The van der Waals surface area contributed by atoms with Crippen LogP contribution in [0.15, 0.2) is 152 Å². The van der Waals surface area contributed by atoms with Crippen LogP contribution in [0.2, 0.25) is 0 Å². The predicted molar refractivity (Wildman–Crippen MR) is 222 cm³/mol. The lowest BCUT2D eigenvalue weighted by atomic mass is 9.65. The third kappa shape index (κ3) is 4.45. The third-order valence-corrected chi connectivity index (χ3v) is 12.2. The van der Waals surface area contributed by atoms with Crippen molar-refractivity contribution in [2.75, 3.05) is 0 Å². The van der Waals surface area contributed by atoms with E-state index < -0.39 is 5.41 Å². The van der Waals surface area contributed by atoms with Crippen LogP contribution in [-0.2, 0) is 18.3 Å². The maximum atomic E-state index is 5.41. The van der Waals surface area contributed by atoms with Gasteiger partial charge in [-0.25, -0.2) is 9.97 Å². The molecular formula is C51H37N3. The van der Waals surface area contributed by atoms with Crippen molar-refractivity contribution < 1.29 is 0 Å². The Kier molecular flexibility index (Phi) is 6.79. The molecule has 0 N–H and O–H groups in total. The van der Waals surface area contributed by atoms with Gasteiger partial charge in [0.1, 0.15) is 0 Å². The number of benzene rings is 6. The van der Waals surface area contributed by atoms with Crippen molar-refractivity contribution in [3.63, 3.8) is 0 Å². The molecular weight excluding hydrogens is 655 g/mol. The number of pyridine rings is 3. The average Bonchev–Trinajstić information content (AvgIpc) is 3.82. The molecule has 256 valence electrons. The van der Waals surface area contributed by atoms with E-state index in [4.69, 9.17) is 15.0 Å². The summed E-state index contributed by atoms with van der Waals surface area (Å²) in [5.74, 6) is 0. The SMILES string of the molecule is Cc1ccccc1C1(c2cc(-c3ccc4ccc5cccnc5c4n3)ccc2C)c2ccccc2-c2ccc(-c3ccc4ccc5c(c4n3)CCC5)cc21. The second kappa shape index (κ2) is 11.8. The minimum Gasteiger partial charge on any atom is -0.254 e. The van der Waals surface area contributed by atoms with Gasteiger partial charge in [0.25, 0.3) is 0 Å². The van der Waals surface area contributed by atoms with E-state index in [-0.39, 0.29) is 0 Å². The van der Waals surface area contributed by atoms with Crippen LogP contribution in [0.1, 0.15) is 50.9 Å². The lowest BCUT2D eigenvalue weighted by molar-refractivity contribution is 0.754. The Morgan fingerprint density at radius 3 is 1.93 bits per heavy atom. The van der Waals surface area contributed by atoms with Crippen LogP contribution >= 0.6 is 0 Å². The fourth-order valence-corrected chi connectivity index (χ4v) is 9.65. The molecule has 54 heavy (non-hydrogen) atoms. The Labute approximate surface area is 315 Å². The van der Waals surface area contributed by atoms with E-state index in [1.165, 1.54) is 67.4 Å². The highest BCUT2D eigenvalue weighted by molar-refractivity contribution is 6.03. The Morgan fingerprint density at radius 2 is 1.09 bits per heavy atom. The van der Waals surface area contributed by atoms with Crippen molar-refractivity contribution in [3.8, 4) is 33.6 Å². The van der Waals surface area contributed by atoms with Gasteiger partial charge in [-0.05, 0) is 119 Å². The molecule has 0 bridgehead atoms. The number of fused-ring (bicyclic) bond motifs is 9. The van der Waals surface area contributed by atoms with Gasteiger partial charge in [0.15, 0.2) is 0 Å². The molecule has 11 rings (SSSR count). The fourth-order valence-electron chi connectivity index (χ4n) is 9.65. The minimum absolute atomic E-state index is 0.573. The topological polar surface area (TPSA) is 38.7 Å². The Hall–Kier alpha value is -6.45. The summed E-state index contributed by atoms with van der Waals surface area (Å²) >= 11 is 0. The summed E-state index contributed by atoms with van der Waals surface area (Å²) < 4.78 is 0. The zero-order chi connectivity index (χ0) is 36.0. The van der Waals surface area contributed by atoms with Crippen molar-refractivity contribution in [3.05, 3.63) is 196 Å². The molecule has 2 aliphatic carbocycles. The highest BCUT2D eigenvalue weighted by atomic mass is 14.8. The Morgan fingerprint density at radius 1 is 0.463 bits per heavy atom. The van der Waals surface area contributed by atoms with E-state index in [2.05, 4.69) is 153 Å². The maximum absolute atomic E-state index is 5.41. The molecule has 1 unspecified atom stereocenters. The molecule has 3 heteroatoms. The van der Waals surface area contributed by atoms with Crippen LogP contribution in [0.4, 0.5) is 0 Å². The standard InChI is InChI=1S/C51H37N3/c1-31-9-3-5-14-42(31)51(44-29-37(17-16-32(44)2)47-27-24-36-21-20-34-11-8-28-52-49(34)50(36)54-47)43-15-6-4-12-40(43)41-25-22-38(30-45(41)51)46-26-23-35-19-18-33-10-7-13-39(33)48(35)53-46/h3-6,8-9,11-12,14-30H,7,10,13H2,1-2H3. The van der Waals surface area contributed by atoms with E-state index in [1.54, 1.807) is 0 Å². The summed E-state index contributed by atoms with van der Waals surface area (Å²) in [6.07, 6.45) is 5.31. The van der Waals surface area contributed by atoms with Crippen molar-refractivity contribution in [1.29, 1.82) is 0 Å². The minimum atomic E-state index is -0.573. The third-order valence-electron chi connectivity index (χ3n) is 12.2. The molecule has 9 aromatic rings. The highest BCUT2D eigenvalue weighted by Gasteiger charge is 2.47. The van der Waals surface area contributed by atoms with Crippen LogP contribution in [0.5, 0.6) is 0 Å². The number of aryl methyl sites for hydroxylation is 4. The van der Waals surface area contributed by atoms with Gasteiger partial charge in [-0.1, -0.05) is 115 Å². The van der Waals surface area contributed by atoms with E-state index in [0.29, 0.717) is 0 Å². The zero-order valence-electron chi connectivity index (χ0n) is 30.4. The van der Waals surface area contributed by atoms with Crippen molar-refractivity contribution in [2.45, 2.75) is 38.5 Å². The summed E-state index contributed by atoms with van der Waals surface area (Å²) in [4.78, 5) is 15.5. The number of hydrogen-bond acceptors (Lipinski definition) is 3. The zero-order valence-corrected chi connectivity index (χ0v) is 30.4. The van der Waals surface area contributed by atoms with Gasteiger partial charge in [0, 0.05) is 33.5 Å². The van der Waals surface area contributed by atoms with Crippen molar-refractivity contribution >= 4 is 32.7 Å². The van der Waals surface area contributed by atoms with E-state index in [0.717, 1.165) is 62.7 Å². The molecule has 0 radical (unpaired) electrons. The lowest BCUT2D eigenvalue weighted by Gasteiger charge is -2.36. The first-order valence-corrected chi connectivity index (χ1v) is 19.1. The van der Waals surface area contributed by atoms with Crippen LogP contribution in [0, 0.1) is 13.8 Å². The van der Waals surface area contributed by atoms with Crippen LogP contribution < -0.4 is 0 Å². The molecule has 0 aliphatic heterocycles. The van der Waals surface area contributed by atoms with Crippen LogP contribution in [0.3, 0.4) is 0 Å². The summed E-state index contributed by atoms with van der Waals surface area (Å²) in [6.45, 7) is 4.52. The van der Waals surface area contributed by atoms with Gasteiger partial charge in [0.2, 0.25) is 0 Å². The molecule has 6 aromatic carbocycles. The highest BCUT2D eigenvalue weighted by Crippen LogP contribution is 2.58. The Balaban J connectivity index is 1.18. The quantitative estimate of drug-likeness (QED) is 0.172. The first-order chi connectivity index (χ1) is 26.6. The second-order valence-corrected chi connectivity index (χ2v) is 15.1. The Bertz CT molecular complexity index is 3010. The number of hydrogen-bond donors (Lipinski definition) is 0. The first kappa shape index (κ1) is 31.1. The second-order valence-electron chi connectivity index (χ2n) is 15.1. The fraction of sp³-hybridized carbons (Fsp3) is 0.118. The van der Waals surface area contributed by atoms with Crippen molar-refractivity contribution in [1.82, 2.24) is 15.0 Å². The summed E-state index contributed by atoms with van der Waals surface area (Å²) in [6, 6.07) is 53.7. The van der Waals surface area contributed by atoms with Crippen molar-refractivity contribution in [2.24, 2.45) is 0 Å². The largest absolute Gasteiger partial charge is 0.254 e. The maximum Gasteiger partial charge on any atom is 0.0972 e. The molecule has 2 aliphatic rings. The van der Waals surface area contributed by atoms with E-state index in [1.807, 2.05) is 12.3 Å². The molecule has 3 heterocycles. The van der Waals surface area contributed by atoms with Gasteiger partial charge in [-0.15, -0.1) is 0 Å². The van der Waals surface area contributed by atoms with Gasteiger partial charge >= 0.3 is 0 Å². The molecule has 0 saturated heterocycles. The molecule has 0 amide bonds. The molecule has 1 atom stereocenters. The molecule has 0 fully saturated rings. The van der Waals surface area contributed by atoms with Gasteiger partial charge < -0.3 is 0 Å². The summed E-state index contributed by atoms with van der Waals surface area (Å²) in [5.41, 5.74) is 19.7. The van der Waals surface area contributed by atoms with Gasteiger partial charge in [-0.2, -0.15) is 0 Å². The predicted octanol–water partition coefficient (Wildman–Crippen LogP) is 12.1. The number of aromatic nitrogens is 3. The van der Waals surface area contributed by atoms with E-state index >= 15 is 0 Å². The summed E-state index contributed by atoms with van der Waals surface area (Å²) in [5, 5.41) is 3.41. The van der Waals surface area contributed by atoms with Crippen LogP contribution in [0.25, 0.3) is 66.4 Å². The molecule has 0 saturated carbocycles. The van der Waals surface area contributed by atoms with Gasteiger partial charge in [0.05, 0.1) is 33.4 Å². The van der Waals surface area contributed by atoms with Crippen LogP contribution in [-0.4, -0.2) is 15.0 Å².